The highest BCUT2D eigenvalue weighted by atomic mass is 32.1. The van der Waals surface area contributed by atoms with Crippen molar-refractivity contribution in [2.45, 2.75) is 19.9 Å². The second-order valence-corrected chi connectivity index (χ2v) is 4.44. The number of imidazole rings is 1. The molecule has 0 aliphatic heterocycles. The van der Waals surface area contributed by atoms with E-state index in [2.05, 4.69) is 27.6 Å². The molecule has 1 unspecified atom stereocenters. The van der Waals surface area contributed by atoms with Crippen molar-refractivity contribution in [1.82, 2.24) is 14.5 Å². The summed E-state index contributed by atoms with van der Waals surface area (Å²) in [6.07, 6.45) is 3.70. The summed E-state index contributed by atoms with van der Waals surface area (Å²) in [5.74, 6) is 0.871. The van der Waals surface area contributed by atoms with E-state index >= 15 is 0 Å². The fourth-order valence-electron chi connectivity index (χ4n) is 1.33. The van der Waals surface area contributed by atoms with Crippen LogP contribution < -0.4 is 5.32 Å². The molecule has 0 fully saturated rings. The van der Waals surface area contributed by atoms with Crippen molar-refractivity contribution in [3.05, 3.63) is 28.5 Å². The van der Waals surface area contributed by atoms with E-state index in [0.717, 1.165) is 16.6 Å². The van der Waals surface area contributed by atoms with Crippen molar-refractivity contribution in [1.29, 1.82) is 0 Å². The lowest BCUT2D eigenvalue weighted by Crippen LogP contribution is -2.10. The molecule has 2 heterocycles. The van der Waals surface area contributed by atoms with Crippen LogP contribution in [0.25, 0.3) is 0 Å². The number of nitrogens with zero attached hydrogens (tertiary/aromatic N) is 3. The zero-order valence-corrected chi connectivity index (χ0v) is 9.88. The largest absolute Gasteiger partial charge is 0.347 e. The van der Waals surface area contributed by atoms with E-state index in [9.17, 15) is 0 Å². The van der Waals surface area contributed by atoms with Gasteiger partial charge < -0.3 is 9.88 Å². The smallest absolute Gasteiger partial charge is 0.203 e. The Kier molecular flexibility index (Phi) is 2.73. The minimum absolute atomic E-state index is 0.199. The first-order chi connectivity index (χ1) is 7.16. The van der Waals surface area contributed by atoms with Gasteiger partial charge in [-0.2, -0.15) is 0 Å². The van der Waals surface area contributed by atoms with Crippen LogP contribution in [0.15, 0.2) is 17.8 Å². The minimum Gasteiger partial charge on any atom is -0.347 e. The van der Waals surface area contributed by atoms with E-state index in [-0.39, 0.29) is 6.04 Å². The number of aryl methyl sites for hydroxylation is 2. The van der Waals surface area contributed by atoms with E-state index < -0.39 is 0 Å². The molecular weight excluding hydrogens is 208 g/mol. The summed E-state index contributed by atoms with van der Waals surface area (Å²) in [5, 5.41) is 6.47. The first-order valence-electron chi connectivity index (χ1n) is 4.82. The number of anilines is 1. The Morgan fingerprint density at radius 3 is 2.87 bits per heavy atom. The van der Waals surface area contributed by atoms with Crippen LogP contribution in [0.1, 0.15) is 23.7 Å². The van der Waals surface area contributed by atoms with Crippen LogP contribution in [0.3, 0.4) is 0 Å². The Morgan fingerprint density at radius 2 is 2.33 bits per heavy atom. The molecule has 0 amide bonds. The predicted octanol–water partition coefficient (Wildman–Crippen LogP) is 2.36. The summed E-state index contributed by atoms with van der Waals surface area (Å²) in [6.45, 7) is 4.10. The number of aromatic nitrogens is 3. The zero-order chi connectivity index (χ0) is 10.8. The SMILES string of the molecule is Cc1csc(C(C)Nc2nccn2C)n1. The number of hydrogen-bond acceptors (Lipinski definition) is 4. The molecule has 15 heavy (non-hydrogen) atoms. The van der Waals surface area contributed by atoms with Gasteiger partial charge in [0.25, 0.3) is 0 Å². The van der Waals surface area contributed by atoms with E-state index in [1.807, 2.05) is 24.7 Å². The van der Waals surface area contributed by atoms with Crippen LogP contribution >= 0.6 is 11.3 Å². The van der Waals surface area contributed by atoms with Crippen LogP contribution in [-0.4, -0.2) is 14.5 Å². The third-order valence-electron chi connectivity index (χ3n) is 2.17. The Hall–Kier alpha value is -1.36. The second kappa shape index (κ2) is 4.02. The third kappa shape index (κ3) is 2.18. The first kappa shape index (κ1) is 10.2. The molecule has 0 aliphatic carbocycles. The average molecular weight is 222 g/mol. The maximum atomic E-state index is 4.44. The molecule has 1 atom stereocenters. The fraction of sp³-hybridized carbons (Fsp3) is 0.400. The molecule has 0 spiro atoms. The molecule has 0 saturated carbocycles. The van der Waals surface area contributed by atoms with Gasteiger partial charge in [-0.25, -0.2) is 9.97 Å². The topological polar surface area (TPSA) is 42.7 Å². The van der Waals surface area contributed by atoms with E-state index in [0.29, 0.717) is 0 Å². The van der Waals surface area contributed by atoms with Crippen molar-refractivity contribution in [3.63, 3.8) is 0 Å². The summed E-state index contributed by atoms with van der Waals surface area (Å²) in [4.78, 5) is 8.66. The molecule has 0 bridgehead atoms. The highest BCUT2D eigenvalue weighted by molar-refractivity contribution is 7.09. The third-order valence-corrected chi connectivity index (χ3v) is 3.32. The Balaban J connectivity index is 2.10. The van der Waals surface area contributed by atoms with Crippen molar-refractivity contribution in [2.75, 3.05) is 5.32 Å². The zero-order valence-electron chi connectivity index (χ0n) is 9.06. The average Bonchev–Trinajstić information content (AvgIpc) is 2.77. The van der Waals surface area contributed by atoms with Crippen LogP contribution in [-0.2, 0) is 7.05 Å². The molecule has 80 valence electrons. The first-order valence-corrected chi connectivity index (χ1v) is 5.70. The van der Waals surface area contributed by atoms with E-state index in [4.69, 9.17) is 0 Å². The molecule has 2 aromatic rings. The summed E-state index contributed by atoms with van der Waals surface area (Å²) < 4.78 is 1.96. The molecule has 5 heteroatoms. The standard InChI is InChI=1S/C10H14N4S/c1-7-6-15-9(12-7)8(2)13-10-11-4-5-14(10)3/h4-6,8H,1-3H3,(H,11,13). The van der Waals surface area contributed by atoms with Gasteiger partial charge in [-0.05, 0) is 13.8 Å². The van der Waals surface area contributed by atoms with E-state index in [1.54, 1.807) is 17.5 Å². The lowest BCUT2D eigenvalue weighted by Gasteiger charge is -2.11. The molecule has 0 aliphatic rings. The number of thiazole rings is 1. The Bertz CT molecular complexity index is 446. The van der Waals surface area contributed by atoms with Crippen LogP contribution in [0.4, 0.5) is 5.95 Å². The quantitative estimate of drug-likeness (QED) is 0.867. The molecule has 0 saturated heterocycles. The van der Waals surface area contributed by atoms with Gasteiger partial charge in [-0.15, -0.1) is 11.3 Å². The van der Waals surface area contributed by atoms with Crippen molar-refractivity contribution >= 4 is 17.3 Å². The molecule has 0 aromatic carbocycles. The molecule has 0 radical (unpaired) electrons. The van der Waals surface area contributed by atoms with E-state index in [1.165, 1.54) is 0 Å². The fourth-order valence-corrected chi connectivity index (χ4v) is 2.13. The monoisotopic (exact) mass is 222 g/mol. The number of nitrogens with one attached hydrogen (secondary N) is 1. The van der Waals surface area contributed by atoms with Gasteiger partial charge in [0.2, 0.25) is 5.95 Å². The van der Waals surface area contributed by atoms with Crippen LogP contribution in [0.2, 0.25) is 0 Å². The molecule has 4 nitrogen and oxygen atoms in total. The van der Waals surface area contributed by atoms with Gasteiger partial charge >= 0.3 is 0 Å². The van der Waals surface area contributed by atoms with Gasteiger partial charge in [0, 0.05) is 30.5 Å². The van der Waals surface area contributed by atoms with Gasteiger partial charge in [-0.3, -0.25) is 0 Å². The van der Waals surface area contributed by atoms with Gasteiger partial charge in [0.15, 0.2) is 0 Å². The minimum atomic E-state index is 0.199. The number of rotatable bonds is 3. The number of hydrogen-bond donors (Lipinski definition) is 1. The predicted molar refractivity (Wildman–Crippen MR) is 62.1 cm³/mol. The highest BCUT2D eigenvalue weighted by Crippen LogP contribution is 2.20. The van der Waals surface area contributed by atoms with Crippen molar-refractivity contribution in [2.24, 2.45) is 7.05 Å². The van der Waals surface area contributed by atoms with Gasteiger partial charge in [0.05, 0.1) is 6.04 Å². The normalized spacial score (nSPS) is 12.7. The van der Waals surface area contributed by atoms with Crippen LogP contribution in [0.5, 0.6) is 0 Å². The van der Waals surface area contributed by atoms with Crippen LogP contribution in [0, 0.1) is 6.92 Å². The maximum Gasteiger partial charge on any atom is 0.203 e. The molecule has 2 aromatic heterocycles. The summed E-state index contributed by atoms with van der Waals surface area (Å²) in [5.41, 5.74) is 1.07. The van der Waals surface area contributed by atoms with Crippen molar-refractivity contribution < 1.29 is 0 Å². The van der Waals surface area contributed by atoms with Crippen molar-refractivity contribution in [3.8, 4) is 0 Å². The van der Waals surface area contributed by atoms with Gasteiger partial charge in [0.1, 0.15) is 5.01 Å². The Labute approximate surface area is 93.0 Å². The summed E-state index contributed by atoms with van der Waals surface area (Å²) in [7, 11) is 1.97. The second-order valence-electron chi connectivity index (χ2n) is 3.55. The summed E-state index contributed by atoms with van der Waals surface area (Å²) in [6, 6.07) is 0.199. The van der Waals surface area contributed by atoms with Gasteiger partial charge in [-0.1, -0.05) is 0 Å². The lowest BCUT2D eigenvalue weighted by atomic mass is 10.3. The summed E-state index contributed by atoms with van der Waals surface area (Å²) >= 11 is 1.67. The molecular formula is C10H14N4S. The molecule has 1 N–H and O–H groups in total. The maximum absolute atomic E-state index is 4.44. The Morgan fingerprint density at radius 1 is 1.53 bits per heavy atom. The lowest BCUT2D eigenvalue weighted by molar-refractivity contribution is 0.813. The molecule has 2 rings (SSSR count). The highest BCUT2D eigenvalue weighted by Gasteiger charge is 2.10.